The molecular formula is C24H22F2S. The number of allylic oxidation sites excluding steroid dienone is 2. The Labute approximate surface area is 163 Å². The van der Waals surface area contributed by atoms with Crippen LogP contribution in [-0.2, 0) is 6.42 Å². The molecule has 1 aliphatic rings. The molecule has 4 rings (SSSR count). The fourth-order valence-electron chi connectivity index (χ4n) is 3.69. The zero-order valence-corrected chi connectivity index (χ0v) is 16.4. The van der Waals surface area contributed by atoms with Crippen LogP contribution in [-0.4, -0.2) is 0 Å². The Kier molecular flexibility index (Phi) is 4.96. The van der Waals surface area contributed by atoms with E-state index in [4.69, 9.17) is 0 Å². The van der Waals surface area contributed by atoms with Crippen molar-refractivity contribution in [3.8, 4) is 21.6 Å². The summed E-state index contributed by atoms with van der Waals surface area (Å²) < 4.78 is 29.4. The molecule has 1 aromatic heterocycles. The Hall–Kier alpha value is -2.26. The Balaban J connectivity index is 1.65. The molecule has 0 fully saturated rings. The molecule has 1 atom stereocenters. The van der Waals surface area contributed by atoms with E-state index in [1.807, 2.05) is 25.1 Å². The lowest BCUT2D eigenvalue weighted by Crippen LogP contribution is -1.91. The van der Waals surface area contributed by atoms with Crippen LogP contribution in [0.15, 0.2) is 54.6 Å². The molecule has 0 saturated carbocycles. The molecule has 0 radical (unpaired) electrons. The lowest BCUT2D eigenvalue weighted by Gasteiger charge is -2.09. The number of halogens is 2. The highest BCUT2D eigenvalue weighted by Crippen LogP contribution is 2.36. The molecule has 0 amide bonds. The highest BCUT2D eigenvalue weighted by atomic mass is 32.1. The quantitative estimate of drug-likeness (QED) is 0.434. The van der Waals surface area contributed by atoms with Crippen molar-refractivity contribution in [3.05, 3.63) is 76.7 Å². The van der Waals surface area contributed by atoms with Crippen LogP contribution in [0.4, 0.5) is 8.78 Å². The summed E-state index contributed by atoms with van der Waals surface area (Å²) in [7, 11) is 0. The first-order chi connectivity index (χ1) is 13.0. The zero-order chi connectivity index (χ0) is 19.0. The fraction of sp³-hybridized carbons (Fsp3) is 0.250. The molecule has 1 unspecified atom stereocenters. The van der Waals surface area contributed by atoms with Crippen LogP contribution in [0.2, 0.25) is 0 Å². The van der Waals surface area contributed by atoms with Gasteiger partial charge in [0.1, 0.15) is 11.6 Å². The maximum Gasteiger partial charge on any atom is 0.135 e. The number of hydrogen-bond acceptors (Lipinski definition) is 1. The van der Waals surface area contributed by atoms with Gasteiger partial charge in [-0.05, 0) is 71.7 Å². The molecule has 0 spiro atoms. The fourth-order valence-corrected chi connectivity index (χ4v) is 4.68. The van der Waals surface area contributed by atoms with Crippen molar-refractivity contribution in [2.75, 3.05) is 0 Å². The van der Waals surface area contributed by atoms with Crippen molar-refractivity contribution in [2.45, 2.75) is 33.1 Å². The lowest BCUT2D eigenvalue weighted by atomic mass is 9.98. The van der Waals surface area contributed by atoms with Gasteiger partial charge in [-0.1, -0.05) is 44.2 Å². The predicted molar refractivity (Wildman–Crippen MR) is 111 cm³/mol. The Morgan fingerprint density at radius 1 is 0.926 bits per heavy atom. The molecule has 2 aromatic carbocycles. The molecular weight excluding hydrogens is 358 g/mol. The molecule has 0 nitrogen and oxygen atoms in total. The second-order valence-corrected chi connectivity index (χ2v) is 8.39. The molecule has 0 bridgehead atoms. The minimum absolute atomic E-state index is 0.0742. The van der Waals surface area contributed by atoms with Gasteiger partial charge >= 0.3 is 0 Å². The molecule has 0 aliphatic heterocycles. The van der Waals surface area contributed by atoms with Crippen LogP contribution in [0.5, 0.6) is 0 Å². The van der Waals surface area contributed by atoms with Crippen LogP contribution in [0.3, 0.4) is 0 Å². The summed E-state index contributed by atoms with van der Waals surface area (Å²) in [6.45, 7) is 4.27. The minimum atomic E-state index is -0.508. The van der Waals surface area contributed by atoms with Gasteiger partial charge in [0.2, 0.25) is 0 Å². The van der Waals surface area contributed by atoms with Crippen LogP contribution in [0, 0.1) is 17.6 Å². The number of hydrogen-bond donors (Lipinski definition) is 0. The summed E-state index contributed by atoms with van der Waals surface area (Å²) in [5.41, 5.74) is 4.04. The molecule has 1 heterocycles. The summed E-state index contributed by atoms with van der Waals surface area (Å²) in [6.07, 6.45) is 5.47. The summed E-state index contributed by atoms with van der Waals surface area (Å²) >= 11 is 1.45. The Morgan fingerprint density at radius 3 is 2.15 bits per heavy atom. The molecule has 0 N–H and O–H groups in total. The number of benzene rings is 2. The van der Waals surface area contributed by atoms with Crippen LogP contribution >= 0.6 is 11.3 Å². The van der Waals surface area contributed by atoms with Crippen molar-refractivity contribution >= 4 is 16.9 Å². The highest BCUT2D eigenvalue weighted by Gasteiger charge is 2.17. The Bertz CT molecular complexity index is 972. The molecule has 0 saturated heterocycles. The first kappa shape index (κ1) is 18.1. The highest BCUT2D eigenvalue weighted by molar-refractivity contribution is 7.15. The summed E-state index contributed by atoms with van der Waals surface area (Å²) in [6, 6.07) is 14.6. The maximum atomic E-state index is 14.7. The predicted octanol–water partition coefficient (Wildman–Crippen LogP) is 7.74. The second-order valence-electron chi connectivity index (χ2n) is 7.22. The Morgan fingerprint density at radius 2 is 1.59 bits per heavy atom. The van der Waals surface area contributed by atoms with Crippen molar-refractivity contribution in [1.82, 2.24) is 0 Å². The van der Waals surface area contributed by atoms with Crippen LogP contribution in [0.25, 0.3) is 27.1 Å². The van der Waals surface area contributed by atoms with Gasteiger partial charge in [0.05, 0.1) is 5.56 Å². The third-order valence-corrected chi connectivity index (χ3v) is 6.49. The smallest absolute Gasteiger partial charge is 0.135 e. The largest absolute Gasteiger partial charge is 0.206 e. The minimum Gasteiger partial charge on any atom is -0.206 e. The SMILES string of the molecule is CCc1ccc(-c2c(F)cc(-c3ccc(C4=CC(C)CC4)cc3)cc2F)s1. The number of rotatable bonds is 4. The van der Waals surface area contributed by atoms with Crippen molar-refractivity contribution in [3.63, 3.8) is 0 Å². The van der Waals surface area contributed by atoms with Gasteiger partial charge in [0.15, 0.2) is 0 Å². The van der Waals surface area contributed by atoms with E-state index in [9.17, 15) is 8.78 Å². The van der Waals surface area contributed by atoms with Crippen LogP contribution in [0.1, 0.15) is 37.1 Å². The van der Waals surface area contributed by atoms with E-state index in [0.29, 0.717) is 16.4 Å². The van der Waals surface area contributed by atoms with E-state index in [0.717, 1.165) is 23.3 Å². The van der Waals surface area contributed by atoms with Gasteiger partial charge in [-0.3, -0.25) is 0 Å². The van der Waals surface area contributed by atoms with E-state index >= 15 is 0 Å². The standard InChI is InChI=1S/C24H22F2S/c1-3-20-10-11-23(27-20)24-21(25)13-19(14-22(24)26)17-8-6-16(7-9-17)18-5-4-15(2)12-18/h6-15H,3-5H2,1-2H3. The van der Waals surface area contributed by atoms with E-state index in [-0.39, 0.29) is 5.56 Å². The van der Waals surface area contributed by atoms with Gasteiger partial charge in [0, 0.05) is 9.75 Å². The summed E-state index contributed by atoms with van der Waals surface area (Å²) in [5, 5.41) is 0. The average molecular weight is 381 g/mol. The van der Waals surface area contributed by atoms with E-state index in [2.05, 4.69) is 25.1 Å². The molecule has 1 aliphatic carbocycles. The summed E-state index contributed by atoms with van der Waals surface area (Å²) in [5.74, 6) is -0.391. The van der Waals surface area contributed by atoms with Crippen molar-refractivity contribution in [2.24, 2.45) is 5.92 Å². The van der Waals surface area contributed by atoms with Gasteiger partial charge in [-0.15, -0.1) is 11.3 Å². The average Bonchev–Trinajstić information content (AvgIpc) is 3.30. The lowest BCUT2D eigenvalue weighted by molar-refractivity contribution is 0.591. The molecule has 3 aromatic rings. The second kappa shape index (κ2) is 7.40. The van der Waals surface area contributed by atoms with Crippen LogP contribution < -0.4 is 0 Å². The van der Waals surface area contributed by atoms with E-state index in [1.165, 1.54) is 41.0 Å². The van der Waals surface area contributed by atoms with E-state index in [1.54, 1.807) is 6.07 Å². The normalized spacial score (nSPS) is 16.6. The summed E-state index contributed by atoms with van der Waals surface area (Å²) in [4.78, 5) is 1.77. The van der Waals surface area contributed by atoms with Gasteiger partial charge in [0.25, 0.3) is 0 Å². The van der Waals surface area contributed by atoms with Gasteiger partial charge in [-0.2, -0.15) is 0 Å². The molecule has 138 valence electrons. The van der Waals surface area contributed by atoms with Crippen molar-refractivity contribution < 1.29 is 8.78 Å². The monoisotopic (exact) mass is 380 g/mol. The van der Waals surface area contributed by atoms with Gasteiger partial charge < -0.3 is 0 Å². The first-order valence-electron chi connectivity index (χ1n) is 9.44. The zero-order valence-electron chi connectivity index (χ0n) is 15.6. The topological polar surface area (TPSA) is 0 Å². The third kappa shape index (κ3) is 3.61. The third-order valence-electron chi connectivity index (χ3n) is 5.24. The first-order valence-corrected chi connectivity index (χ1v) is 10.3. The maximum absolute atomic E-state index is 14.7. The number of aryl methyl sites for hydroxylation is 1. The van der Waals surface area contributed by atoms with Crippen molar-refractivity contribution in [1.29, 1.82) is 0 Å². The molecule has 3 heteroatoms. The van der Waals surface area contributed by atoms with E-state index < -0.39 is 11.6 Å². The number of thiophene rings is 1. The molecule has 27 heavy (non-hydrogen) atoms. The van der Waals surface area contributed by atoms with Gasteiger partial charge in [-0.25, -0.2) is 8.78 Å².